The molecule has 0 aromatic heterocycles. The van der Waals surface area contributed by atoms with Gasteiger partial charge in [0, 0.05) is 0 Å². The maximum absolute atomic E-state index is 2.42. The van der Waals surface area contributed by atoms with Crippen molar-refractivity contribution in [3.63, 3.8) is 0 Å². The molecule has 0 unspecified atom stereocenters. The summed E-state index contributed by atoms with van der Waals surface area (Å²) < 4.78 is 0. The third kappa shape index (κ3) is 18.5. The van der Waals surface area contributed by atoms with Gasteiger partial charge in [-0.3, -0.25) is 0 Å². The van der Waals surface area contributed by atoms with Crippen LogP contribution in [0.2, 0.25) is 0 Å². The number of hydrogen-bond donors (Lipinski definition) is 0. The van der Waals surface area contributed by atoms with E-state index in [2.05, 4.69) is 39.0 Å². The topological polar surface area (TPSA) is 0 Å². The lowest BCUT2D eigenvalue weighted by atomic mass is 9.92. The zero-order valence-corrected chi connectivity index (χ0v) is 25.3. The van der Waals surface area contributed by atoms with E-state index in [9.17, 15) is 0 Å². The molecule has 0 aliphatic rings. The predicted octanol–water partition coefficient (Wildman–Crippen LogP) is 12.7. The van der Waals surface area contributed by atoms with Crippen molar-refractivity contribution in [3.05, 3.63) is 34.9 Å². The molecule has 0 saturated carbocycles. The maximum Gasteiger partial charge on any atom is -0.0276 e. The van der Waals surface area contributed by atoms with Gasteiger partial charge in [0.15, 0.2) is 0 Å². The Morgan fingerprint density at radius 2 is 0.639 bits per heavy atom. The first-order valence-corrected chi connectivity index (χ1v) is 16.9. The molecule has 1 aromatic carbocycles. The lowest BCUT2D eigenvalue weighted by Gasteiger charge is -2.14. The van der Waals surface area contributed by atoms with Crippen LogP contribution in [0.5, 0.6) is 0 Å². The minimum absolute atomic E-state index is 1.21. The monoisotopic (exact) mass is 499 g/mol. The van der Waals surface area contributed by atoms with Gasteiger partial charge >= 0.3 is 0 Å². The lowest BCUT2D eigenvalue weighted by molar-refractivity contribution is 0.543. The smallest absolute Gasteiger partial charge is 0.0276 e. The van der Waals surface area contributed by atoms with Crippen molar-refractivity contribution in [2.45, 2.75) is 194 Å². The van der Waals surface area contributed by atoms with Gasteiger partial charge in [-0.25, -0.2) is 0 Å². The molecule has 1 rings (SSSR count). The largest absolute Gasteiger partial charge is 0.0654 e. The van der Waals surface area contributed by atoms with Crippen LogP contribution in [0.25, 0.3) is 0 Å². The highest BCUT2D eigenvalue weighted by atomic mass is 14.1. The summed E-state index contributed by atoms with van der Waals surface area (Å²) in [6.45, 7) is 6.98. The Morgan fingerprint density at radius 1 is 0.361 bits per heavy atom. The summed E-state index contributed by atoms with van der Waals surface area (Å²) in [5, 5.41) is 0. The molecule has 0 atom stereocenters. The van der Waals surface area contributed by atoms with Gasteiger partial charge in [-0.15, -0.1) is 0 Å². The number of hydrogen-bond acceptors (Lipinski definition) is 0. The summed E-state index contributed by atoms with van der Waals surface area (Å²) in [5.41, 5.74) is 4.99. The molecule has 0 aliphatic heterocycles. The van der Waals surface area contributed by atoms with Crippen LogP contribution in [0.1, 0.15) is 192 Å². The highest BCUT2D eigenvalue weighted by molar-refractivity contribution is 5.35. The van der Waals surface area contributed by atoms with Crippen LogP contribution in [0.15, 0.2) is 18.2 Å². The number of unbranched alkanes of at least 4 members (excludes halogenated alkanes) is 22. The van der Waals surface area contributed by atoms with E-state index >= 15 is 0 Å². The van der Waals surface area contributed by atoms with Crippen molar-refractivity contribution in [3.8, 4) is 0 Å². The Kier molecular flexibility index (Phi) is 23.9. The summed E-state index contributed by atoms with van der Waals surface area (Å²) in [5.74, 6) is 0. The molecule has 0 fully saturated rings. The van der Waals surface area contributed by atoms with E-state index in [1.165, 1.54) is 173 Å². The van der Waals surface area contributed by atoms with Gasteiger partial charge < -0.3 is 0 Å². The first-order valence-electron chi connectivity index (χ1n) is 16.9. The van der Waals surface area contributed by atoms with Gasteiger partial charge in [0.2, 0.25) is 0 Å². The van der Waals surface area contributed by atoms with Crippen molar-refractivity contribution in [1.29, 1.82) is 0 Å². The molecule has 0 heterocycles. The molecule has 0 radical (unpaired) electrons. The molecule has 0 bridgehead atoms. The molecule has 1 aromatic rings. The van der Waals surface area contributed by atoms with E-state index in [-0.39, 0.29) is 0 Å². The van der Waals surface area contributed by atoms with Crippen molar-refractivity contribution >= 4 is 0 Å². The normalized spacial score (nSPS) is 11.4. The van der Waals surface area contributed by atoms with Gasteiger partial charge in [-0.05, 0) is 48.8 Å². The van der Waals surface area contributed by atoms with E-state index in [1.807, 2.05) is 0 Å². The summed E-state index contributed by atoms with van der Waals surface area (Å²) in [6, 6.07) is 7.18. The summed E-state index contributed by atoms with van der Waals surface area (Å²) >= 11 is 0. The van der Waals surface area contributed by atoms with E-state index < -0.39 is 0 Å². The van der Waals surface area contributed by atoms with Gasteiger partial charge in [-0.1, -0.05) is 180 Å². The van der Waals surface area contributed by atoms with Crippen LogP contribution in [-0.4, -0.2) is 0 Å². The molecule has 0 N–H and O–H groups in total. The highest BCUT2D eigenvalue weighted by Crippen LogP contribution is 2.22. The summed E-state index contributed by atoms with van der Waals surface area (Å²) in [6.07, 6.45) is 38.4. The SMILES string of the molecule is CCCCCCCCCCCCCCc1cccc(CCCCCCCCCCCCCC)c1CC. The second kappa shape index (κ2) is 25.9. The zero-order chi connectivity index (χ0) is 25.9. The average molecular weight is 499 g/mol. The standard InChI is InChI=1S/C36H66/c1-4-7-9-11-13-15-17-19-21-23-25-27-30-34-32-29-33-35(36(34)6-3)31-28-26-24-22-20-18-16-14-12-10-8-5-2/h29,32-33H,4-28,30-31H2,1-3H3. The maximum atomic E-state index is 2.42. The molecule has 0 nitrogen and oxygen atoms in total. The third-order valence-electron chi connectivity index (χ3n) is 8.32. The van der Waals surface area contributed by atoms with Crippen molar-refractivity contribution in [2.24, 2.45) is 0 Å². The van der Waals surface area contributed by atoms with Crippen LogP contribution >= 0.6 is 0 Å². The van der Waals surface area contributed by atoms with Gasteiger partial charge in [-0.2, -0.15) is 0 Å². The van der Waals surface area contributed by atoms with Crippen molar-refractivity contribution < 1.29 is 0 Å². The number of aryl methyl sites for hydroxylation is 2. The second-order valence-electron chi connectivity index (χ2n) is 11.7. The fourth-order valence-electron chi connectivity index (χ4n) is 5.92. The van der Waals surface area contributed by atoms with Crippen LogP contribution in [0, 0.1) is 0 Å². The molecule has 0 spiro atoms. The predicted molar refractivity (Wildman–Crippen MR) is 165 cm³/mol. The first-order chi connectivity index (χ1) is 17.8. The molecule has 210 valence electrons. The van der Waals surface area contributed by atoms with Crippen molar-refractivity contribution in [2.75, 3.05) is 0 Å². The minimum Gasteiger partial charge on any atom is -0.0654 e. The molecule has 0 heteroatoms. The van der Waals surface area contributed by atoms with Crippen LogP contribution in [0.4, 0.5) is 0 Å². The Labute approximate surface area is 228 Å². The Morgan fingerprint density at radius 3 is 0.917 bits per heavy atom. The molecule has 0 saturated heterocycles. The highest BCUT2D eigenvalue weighted by Gasteiger charge is 2.07. The van der Waals surface area contributed by atoms with Crippen LogP contribution < -0.4 is 0 Å². The third-order valence-corrected chi connectivity index (χ3v) is 8.32. The number of rotatable bonds is 27. The Hall–Kier alpha value is -0.780. The fraction of sp³-hybridized carbons (Fsp3) is 0.833. The summed E-state index contributed by atoms with van der Waals surface area (Å²) in [7, 11) is 0. The quantitative estimate of drug-likeness (QED) is 0.106. The van der Waals surface area contributed by atoms with Gasteiger partial charge in [0.05, 0.1) is 0 Å². The first kappa shape index (κ1) is 33.2. The van der Waals surface area contributed by atoms with E-state index in [0.29, 0.717) is 0 Å². The minimum atomic E-state index is 1.21. The summed E-state index contributed by atoms with van der Waals surface area (Å²) in [4.78, 5) is 0. The van der Waals surface area contributed by atoms with Crippen LogP contribution in [-0.2, 0) is 19.3 Å². The average Bonchev–Trinajstić information content (AvgIpc) is 2.90. The molecular formula is C36H66. The van der Waals surface area contributed by atoms with Gasteiger partial charge in [0.25, 0.3) is 0 Å². The Balaban J connectivity index is 2.08. The number of benzene rings is 1. The van der Waals surface area contributed by atoms with Gasteiger partial charge in [0.1, 0.15) is 0 Å². The zero-order valence-electron chi connectivity index (χ0n) is 25.3. The fourth-order valence-corrected chi connectivity index (χ4v) is 5.92. The molecule has 0 aliphatic carbocycles. The van der Waals surface area contributed by atoms with Crippen LogP contribution in [0.3, 0.4) is 0 Å². The molecular weight excluding hydrogens is 432 g/mol. The Bertz CT molecular complexity index is 525. The molecule has 36 heavy (non-hydrogen) atoms. The van der Waals surface area contributed by atoms with E-state index in [4.69, 9.17) is 0 Å². The van der Waals surface area contributed by atoms with E-state index in [0.717, 1.165) is 0 Å². The molecule has 0 amide bonds. The second-order valence-corrected chi connectivity index (χ2v) is 11.7. The lowest BCUT2D eigenvalue weighted by Crippen LogP contribution is -2.00. The van der Waals surface area contributed by atoms with E-state index in [1.54, 1.807) is 16.7 Å². The van der Waals surface area contributed by atoms with Crippen molar-refractivity contribution in [1.82, 2.24) is 0 Å².